The number of methoxy groups -OCH3 is 2. The van der Waals surface area contributed by atoms with Crippen molar-refractivity contribution in [3.8, 4) is 11.5 Å². The third-order valence-corrected chi connectivity index (χ3v) is 3.61. The molecule has 0 saturated carbocycles. The van der Waals surface area contributed by atoms with Crippen LogP contribution in [0.2, 0.25) is 0 Å². The molecule has 1 spiro atoms. The highest BCUT2D eigenvalue weighted by Crippen LogP contribution is 2.51. The number of carbonyl (C=O) groups excluding carboxylic acids is 1. The lowest BCUT2D eigenvalue weighted by atomic mass is 9.95. The van der Waals surface area contributed by atoms with Crippen LogP contribution in [-0.4, -0.2) is 26.8 Å². The molecule has 102 valence electrons. The first-order valence-electron chi connectivity index (χ1n) is 6.23. The lowest BCUT2D eigenvalue weighted by Crippen LogP contribution is -2.25. The number of ether oxygens (including phenoxy) is 4. The monoisotopic (exact) mass is 264 g/mol. The number of esters is 1. The van der Waals surface area contributed by atoms with Gasteiger partial charge in [-0.15, -0.1) is 0 Å². The number of fused-ring (bicyclic) bond motifs is 2. The van der Waals surface area contributed by atoms with Gasteiger partial charge in [0.25, 0.3) is 0 Å². The van der Waals surface area contributed by atoms with Crippen LogP contribution in [0.25, 0.3) is 0 Å². The second-order valence-electron chi connectivity index (χ2n) is 5.01. The van der Waals surface area contributed by atoms with Gasteiger partial charge in [0.15, 0.2) is 0 Å². The predicted octanol–water partition coefficient (Wildman–Crippen LogP) is 2.08. The Kier molecular flexibility index (Phi) is 2.67. The van der Waals surface area contributed by atoms with Crippen molar-refractivity contribution in [2.45, 2.75) is 19.1 Å². The van der Waals surface area contributed by atoms with E-state index in [9.17, 15) is 4.79 Å². The Morgan fingerprint density at radius 1 is 1.32 bits per heavy atom. The average Bonchev–Trinajstić information content (AvgIpc) is 2.91. The molecule has 5 heteroatoms. The molecular formula is C14H16O5. The van der Waals surface area contributed by atoms with Crippen LogP contribution in [0.1, 0.15) is 29.3 Å². The van der Waals surface area contributed by atoms with Crippen LogP contribution in [0.15, 0.2) is 12.1 Å². The Morgan fingerprint density at radius 3 is 2.68 bits per heavy atom. The molecule has 2 heterocycles. The van der Waals surface area contributed by atoms with Crippen molar-refractivity contribution < 1.29 is 23.7 Å². The van der Waals surface area contributed by atoms with Gasteiger partial charge in [0, 0.05) is 12.5 Å². The average molecular weight is 264 g/mol. The fourth-order valence-electron chi connectivity index (χ4n) is 2.78. The third-order valence-electron chi connectivity index (χ3n) is 3.61. The van der Waals surface area contributed by atoms with E-state index in [4.69, 9.17) is 18.9 Å². The van der Waals surface area contributed by atoms with E-state index in [1.807, 2.05) is 0 Å². The van der Waals surface area contributed by atoms with Gasteiger partial charge in [-0.05, 0) is 12.0 Å². The number of rotatable bonds is 2. The van der Waals surface area contributed by atoms with Crippen LogP contribution in [0, 0.1) is 5.92 Å². The lowest BCUT2D eigenvalue weighted by molar-refractivity contribution is -0.173. The summed E-state index contributed by atoms with van der Waals surface area (Å²) < 4.78 is 21.8. The minimum Gasteiger partial charge on any atom is -0.497 e. The predicted molar refractivity (Wildman–Crippen MR) is 66.4 cm³/mol. The molecule has 5 nitrogen and oxygen atoms in total. The Hall–Kier alpha value is -1.75. The van der Waals surface area contributed by atoms with E-state index in [1.54, 1.807) is 26.4 Å². The SMILES string of the molecule is COc1cc(OC)c2c(c1)C(=O)OC21CC(C)CO1. The third kappa shape index (κ3) is 1.69. The second kappa shape index (κ2) is 4.13. The maximum Gasteiger partial charge on any atom is 0.341 e. The Bertz CT molecular complexity index is 539. The maximum absolute atomic E-state index is 12.1. The van der Waals surface area contributed by atoms with Crippen LogP contribution in [0.4, 0.5) is 0 Å². The van der Waals surface area contributed by atoms with Gasteiger partial charge in [-0.2, -0.15) is 0 Å². The highest BCUT2D eigenvalue weighted by molar-refractivity contribution is 5.96. The summed E-state index contributed by atoms with van der Waals surface area (Å²) in [6.07, 6.45) is 0.647. The summed E-state index contributed by atoms with van der Waals surface area (Å²) in [5, 5.41) is 0. The quantitative estimate of drug-likeness (QED) is 0.765. The fraction of sp³-hybridized carbons (Fsp3) is 0.500. The molecule has 0 amide bonds. The molecule has 0 radical (unpaired) electrons. The van der Waals surface area contributed by atoms with Crippen LogP contribution < -0.4 is 9.47 Å². The van der Waals surface area contributed by atoms with E-state index in [0.29, 0.717) is 41.6 Å². The topological polar surface area (TPSA) is 54.0 Å². The molecule has 19 heavy (non-hydrogen) atoms. The minimum absolute atomic E-state index is 0.338. The van der Waals surface area contributed by atoms with E-state index in [1.165, 1.54) is 0 Å². The summed E-state index contributed by atoms with van der Waals surface area (Å²) in [4.78, 5) is 12.1. The fourth-order valence-corrected chi connectivity index (χ4v) is 2.78. The molecule has 0 aromatic heterocycles. The zero-order valence-electron chi connectivity index (χ0n) is 11.2. The molecule has 1 saturated heterocycles. The summed E-state index contributed by atoms with van der Waals surface area (Å²) in [7, 11) is 3.11. The van der Waals surface area contributed by atoms with Crippen LogP contribution in [-0.2, 0) is 15.3 Å². The molecule has 0 N–H and O–H groups in total. The number of benzene rings is 1. The summed E-state index contributed by atoms with van der Waals surface area (Å²) in [6.45, 7) is 2.64. The maximum atomic E-state index is 12.1. The number of carbonyl (C=O) groups is 1. The molecule has 2 atom stereocenters. The van der Waals surface area contributed by atoms with Crippen molar-refractivity contribution in [1.82, 2.24) is 0 Å². The summed E-state index contributed by atoms with van der Waals surface area (Å²) in [5.74, 6) is 0.0977. The highest BCUT2D eigenvalue weighted by atomic mass is 16.7. The van der Waals surface area contributed by atoms with Crippen molar-refractivity contribution >= 4 is 5.97 Å². The summed E-state index contributed by atoms with van der Waals surface area (Å²) >= 11 is 0. The first-order chi connectivity index (χ1) is 9.09. The smallest absolute Gasteiger partial charge is 0.341 e. The normalized spacial score (nSPS) is 28.4. The van der Waals surface area contributed by atoms with Gasteiger partial charge in [0.05, 0.1) is 32.0 Å². The minimum atomic E-state index is -0.983. The first-order valence-corrected chi connectivity index (χ1v) is 6.23. The Labute approximate surface area is 111 Å². The summed E-state index contributed by atoms with van der Waals surface area (Å²) in [5.41, 5.74) is 1.15. The Morgan fingerprint density at radius 2 is 2.11 bits per heavy atom. The molecular weight excluding hydrogens is 248 g/mol. The molecule has 3 rings (SSSR count). The van der Waals surface area contributed by atoms with Gasteiger partial charge in [-0.25, -0.2) is 4.79 Å². The van der Waals surface area contributed by atoms with Crippen LogP contribution >= 0.6 is 0 Å². The van der Waals surface area contributed by atoms with Crippen LogP contribution in [0.3, 0.4) is 0 Å². The standard InChI is InChI=1S/C14H16O5/c1-8-6-14(18-7-8)12-10(13(15)19-14)4-9(16-2)5-11(12)17-3/h4-5,8H,6-7H2,1-3H3. The van der Waals surface area contributed by atoms with Crippen molar-refractivity contribution in [1.29, 1.82) is 0 Å². The van der Waals surface area contributed by atoms with Crippen molar-refractivity contribution in [2.24, 2.45) is 5.92 Å². The second-order valence-corrected chi connectivity index (χ2v) is 5.01. The largest absolute Gasteiger partial charge is 0.497 e. The van der Waals surface area contributed by atoms with Gasteiger partial charge < -0.3 is 18.9 Å². The van der Waals surface area contributed by atoms with E-state index in [-0.39, 0.29) is 5.97 Å². The molecule has 1 aromatic carbocycles. The van der Waals surface area contributed by atoms with Gasteiger partial charge in [0.2, 0.25) is 5.79 Å². The molecule has 2 unspecified atom stereocenters. The van der Waals surface area contributed by atoms with Gasteiger partial charge in [-0.1, -0.05) is 6.92 Å². The molecule has 2 aliphatic rings. The molecule has 2 aliphatic heterocycles. The molecule has 0 aliphatic carbocycles. The molecule has 1 aromatic rings. The molecule has 1 fully saturated rings. The van der Waals surface area contributed by atoms with Gasteiger partial charge >= 0.3 is 5.97 Å². The van der Waals surface area contributed by atoms with Crippen molar-refractivity contribution in [3.05, 3.63) is 23.3 Å². The summed E-state index contributed by atoms with van der Waals surface area (Å²) in [6, 6.07) is 3.41. The van der Waals surface area contributed by atoms with Crippen LogP contribution in [0.5, 0.6) is 11.5 Å². The van der Waals surface area contributed by atoms with Crippen molar-refractivity contribution in [3.63, 3.8) is 0 Å². The van der Waals surface area contributed by atoms with E-state index in [0.717, 1.165) is 0 Å². The highest BCUT2D eigenvalue weighted by Gasteiger charge is 2.53. The van der Waals surface area contributed by atoms with E-state index >= 15 is 0 Å². The lowest BCUT2D eigenvalue weighted by Gasteiger charge is -2.23. The van der Waals surface area contributed by atoms with Gasteiger partial charge in [-0.3, -0.25) is 0 Å². The zero-order valence-corrected chi connectivity index (χ0v) is 11.2. The zero-order chi connectivity index (χ0) is 13.6. The van der Waals surface area contributed by atoms with E-state index < -0.39 is 5.79 Å². The molecule has 0 bridgehead atoms. The number of hydrogen-bond acceptors (Lipinski definition) is 5. The Balaban J connectivity index is 2.18. The number of hydrogen-bond donors (Lipinski definition) is 0. The van der Waals surface area contributed by atoms with Gasteiger partial charge in [0.1, 0.15) is 11.5 Å². The van der Waals surface area contributed by atoms with E-state index in [2.05, 4.69) is 6.92 Å². The van der Waals surface area contributed by atoms with Crippen molar-refractivity contribution in [2.75, 3.05) is 20.8 Å². The first kappa shape index (κ1) is 12.3.